The van der Waals surface area contributed by atoms with Gasteiger partial charge in [0.2, 0.25) is 0 Å². The summed E-state index contributed by atoms with van der Waals surface area (Å²) in [5.41, 5.74) is -0.159. The second kappa shape index (κ2) is 8.13. The zero-order chi connectivity index (χ0) is 20.4. The van der Waals surface area contributed by atoms with Crippen LogP contribution in [0.25, 0.3) is 0 Å². The van der Waals surface area contributed by atoms with E-state index in [9.17, 15) is 26.4 Å². The Morgan fingerprint density at radius 1 is 1.19 bits per heavy atom. The van der Waals surface area contributed by atoms with E-state index in [2.05, 4.69) is 4.74 Å². The lowest BCUT2D eigenvalue weighted by atomic mass is 9.99. The lowest BCUT2D eigenvalue weighted by Crippen LogP contribution is -2.47. The highest BCUT2D eigenvalue weighted by Gasteiger charge is 2.32. The third-order valence-electron chi connectivity index (χ3n) is 4.14. The van der Waals surface area contributed by atoms with Gasteiger partial charge in [0.15, 0.2) is 9.84 Å². The second-order valence-electron chi connectivity index (χ2n) is 6.05. The summed E-state index contributed by atoms with van der Waals surface area (Å²) in [6.07, 6.45) is 1.49. The molecule has 1 aliphatic rings. The Balaban J connectivity index is 2.13. The summed E-state index contributed by atoms with van der Waals surface area (Å²) in [7, 11) is -6.57. The lowest BCUT2D eigenvalue weighted by Gasteiger charge is -2.29. The van der Waals surface area contributed by atoms with Crippen molar-refractivity contribution in [1.82, 2.24) is 9.03 Å². The SMILES string of the molecule is COC(=O)C1CCN(S(=O)(=O)NC(=O)c2ccc(Cl)c(S(C)(=O)=O)c2)CC1. The number of nitrogens with one attached hydrogen (secondary N) is 1. The van der Waals surface area contributed by atoms with Gasteiger partial charge in [-0.15, -0.1) is 0 Å². The number of methoxy groups -OCH3 is 1. The first-order valence-corrected chi connectivity index (χ1v) is 11.6. The van der Waals surface area contributed by atoms with Crippen LogP contribution in [0.3, 0.4) is 0 Å². The van der Waals surface area contributed by atoms with Gasteiger partial charge in [-0.3, -0.25) is 9.59 Å². The molecule has 1 fully saturated rings. The van der Waals surface area contributed by atoms with E-state index in [1.54, 1.807) is 0 Å². The summed E-state index contributed by atoms with van der Waals surface area (Å²) in [4.78, 5) is 23.5. The highest BCUT2D eigenvalue weighted by atomic mass is 35.5. The van der Waals surface area contributed by atoms with Crippen molar-refractivity contribution in [2.24, 2.45) is 5.92 Å². The van der Waals surface area contributed by atoms with Crippen LogP contribution in [-0.2, 0) is 29.6 Å². The number of sulfone groups is 1. The number of rotatable bonds is 5. The van der Waals surface area contributed by atoms with Crippen LogP contribution in [-0.4, -0.2) is 59.5 Å². The van der Waals surface area contributed by atoms with E-state index in [0.29, 0.717) is 0 Å². The van der Waals surface area contributed by atoms with Crippen molar-refractivity contribution in [3.63, 3.8) is 0 Å². The van der Waals surface area contributed by atoms with Gasteiger partial charge in [-0.25, -0.2) is 13.1 Å². The highest BCUT2D eigenvalue weighted by molar-refractivity contribution is 7.90. The topological polar surface area (TPSA) is 127 Å². The molecule has 0 unspecified atom stereocenters. The average Bonchev–Trinajstić information content (AvgIpc) is 2.60. The number of piperidine rings is 1. The number of halogens is 1. The summed E-state index contributed by atoms with van der Waals surface area (Å²) < 4.78 is 55.8. The van der Waals surface area contributed by atoms with Crippen molar-refractivity contribution in [3.8, 4) is 0 Å². The molecule has 0 spiro atoms. The molecule has 1 saturated heterocycles. The number of nitrogens with zero attached hydrogens (tertiary/aromatic N) is 1. The molecule has 27 heavy (non-hydrogen) atoms. The standard InChI is InChI=1S/C15H19ClN2O7S2/c1-25-15(20)10-5-7-18(8-6-10)27(23,24)17-14(19)11-3-4-12(16)13(9-11)26(2,21)22/h3-4,9-10H,5-8H2,1-2H3,(H,17,19). The van der Waals surface area contributed by atoms with Gasteiger partial charge in [0.1, 0.15) is 0 Å². The largest absolute Gasteiger partial charge is 0.469 e. The van der Waals surface area contributed by atoms with E-state index in [0.717, 1.165) is 16.6 Å². The fraction of sp³-hybridized carbons (Fsp3) is 0.467. The monoisotopic (exact) mass is 438 g/mol. The quantitative estimate of drug-likeness (QED) is 0.667. The van der Waals surface area contributed by atoms with E-state index in [4.69, 9.17) is 11.6 Å². The maximum Gasteiger partial charge on any atom is 0.308 e. The number of ether oxygens (including phenoxy) is 1. The number of hydrogen-bond donors (Lipinski definition) is 1. The zero-order valence-corrected chi connectivity index (χ0v) is 17.0. The molecule has 1 amide bonds. The van der Waals surface area contributed by atoms with Crippen LogP contribution in [0, 0.1) is 5.92 Å². The molecule has 1 aromatic carbocycles. The molecule has 0 saturated carbocycles. The van der Waals surface area contributed by atoms with Gasteiger partial charge in [0.25, 0.3) is 5.91 Å². The third-order valence-corrected chi connectivity index (χ3v) is 7.21. The molecule has 1 aromatic rings. The van der Waals surface area contributed by atoms with Gasteiger partial charge in [-0.1, -0.05) is 11.6 Å². The van der Waals surface area contributed by atoms with Crippen LogP contribution in [0.5, 0.6) is 0 Å². The van der Waals surface area contributed by atoms with Crippen molar-refractivity contribution in [2.75, 3.05) is 26.5 Å². The van der Waals surface area contributed by atoms with Crippen molar-refractivity contribution in [1.29, 1.82) is 0 Å². The molecule has 0 aromatic heterocycles. The molecule has 0 atom stereocenters. The summed E-state index contributed by atoms with van der Waals surface area (Å²) in [6, 6.07) is 3.46. The van der Waals surface area contributed by atoms with E-state index in [-0.39, 0.29) is 47.3 Å². The fourth-order valence-electron chi connectivity index (χ4n) is 2.67. The molecule has 1 N–H and O–H groups in total. The molecule has 2 rings (SSSR count). The lowest BCUT2D eigenvalue weighted by molar-refractivity contribution is -0.146. The fourth-order valence-corrected chi connectivity index (χ4v) is 5.14. The molecule has 0 aliphatic carbocycles. The van der Waals surface area contributed by atoms with Crippen LogP contribution >= 0.6 is 11.6 Å². The van der Waals surface area contributed by atoms with Crippen molar-refractivity contribution in [3.05, 3.63) is 28.8 Å². The molecular weight excluding hydrogens is 420 g/mol. The maximum atomic E-state index is 12.4. The predicted octanol–water partition coefficient (Wildman–Crippen LogP) is 0.603. The van der Waals surface area contributed by atoms with E-state index in [1.807, 2.05) is 4.72 Å². The smallest absolute Gasteiger partial charge is 0.308 e. The minimum absolute atomic E-state index is 0.0532. The van der Waals surface area contributed by atoms with Crippen molar-refractivity contribution < 1.29 is 31.2 Å². The highest BCUT2D eigenvalue weighted by Crippen LogP contribution is 2.23. The second-order valence-corrected chi connectivity index (χ2v) is 10.1. The first-order valence-electron chi connectivity index (χ1n) is 7.85. The van der Waals surface area contributed by atoms with Crippen LogP contribution in [0.1, 0.15) is 23.2 Å². The van der Waals surface area contributed by atoms with Gasteiger partial charge in [0.05, 0.1) is 22.9 Å². The molecule has 0 bridgehead atoms. The number of carbonyl (C=O) groups excluding carboxylic acids is 2. The Morgan fingerprint density at radius 2 is 1.78 bits per heavy atom. The number of benzene rings is 1. The zero-order valence-electron chi connectivity index (χ0n) is 14.6. The Bertz CT molecular complexity index is 952. The van der Waals surface area contributed by atoms with Gasteiger partial charge in [0, 0.05) is 24.9 Å². The number of carbonyl (C=O) groups is 2. The average molecular weight is 439 g/mol. The number of hydrogen-bond acceptors (Lipinski definition) is 7. The Hall–Kier alpha value is -1.69. The molecule has 1 heterocycles. The number of amides is 1. The Labute approximate surface area is 162 Å². The number of esters is 1. The molecular formula is C15H19ClN2O7S2. The van der Waals surface area contributed by atoms with E-state index in [1.165, 1.54) is 19.2 Å². The third kappa shape index (κ3) is 5.18. The van der Waals surface area contributed by atoms with Crippen molar-refractivity contribution >= 4 is 43.5 Å². The van der Waals surface area contributed by atoms with Gasteiger partial charge in [-0.2, -0.15) is 12.7 Å². The van der Waals surface area contributed by atoms with Gasteiger partial charge < -0.3 is 4.74 Å². The predicted molar refractivity (Wildman–Crippen MR) is 97.3 cm³/mol. The summed E-state index contributed by atoms with van der Waals surface area (Å²) in [5.74, 6) is -1.76. The Kier molecular flexibility index (Phi) is 6.51. The Morgan fingerprint density at radius 3 is 2.30 bits per heavy atom. The van der Waals surface area contributed by atoms with Crippen LogP contribution < -0.4 is 4.72 Å². The summed E-state index contributed by atoms with van der Waals surface area (Å²) in [6.45, 7) is 0.106. The minimum atomic E-state index is -4.15. The van der Waals surface area contributed by atoms with Crippen molar-refractivity contribution in [2.45, 2.75) is 17.7 Å². The van der Waals surface area contributed by atoms with E-state index >= 15 is 0 Å². The minimum Gasteiger partial charge on any atom is -0.469 e. The maximum absolute atomic E-state index is 12.4. The molecule has 0 radical (unpaired) electrons. The van der Waals surface area contributed by atoms with Crippen LogP contribution in [0.2, 0.25) is 5.02 Å². The summed E-state index contributed by atoms with van der Waals surface area (Å²) >= 11 is 5.82. The van der Waals surface area contributed by atoms with Crippen LogP contribution in [0.15, 0.2) is 23.1 Å². The first kappa shape index (κ1) is 21.6. The molecule has 9 nitrogen and oxygen atoms in total. The summed E-state index contributed by atoms with van der Waals surface area (Å²) in [5, 5.41) is -0.0678. The van der Waals surface area contributed by atoms with E-state index < -0.39 is 31.9 Å². The van der Waals surface area contributed by atoms with Crippen LogP contribution in [0.4, 0.5) is 0 Å². The molecule has 12 heteroatoms. The first-order chi connectivity index (χ1) is 12.5. The van der Waals surface area contributed by atoms with Gasteiger partial charge >= 0.3 is 16.2 Å². The normalized spacial score (nSPS) is 16.7. The molecule has 150 valence electrons. The van der Waals surface area contributed by atoms with Gasteiger partial charge in [-0.05, 0) is 31.0 Å². The molecule has 1 aliphatic heterocycles.